The average molecular weight is 496 g/mol. The molecule has 1 aliphatic rings. The van der Waals surface area contributed by atoms with E-state index < -0.39 is 26.7 Å². The van der Waals surface area contributed by atoms with Crippen molar-refractivity contribution in [1.82, 2.24) is 25.6 Å². The lowest BCUT2D eigenvalue weighted by Crippen LogP contribution is -2.22. The van der Waals surface area contributed by atoms with Gasteiger partial charge in [-0.25, -0.2) is 18.5 Å². The number of nitrogens with zero attached hydrogens (tertiary/aromatic N) is 4. The molecule has 0 aliphatic heterocycles. The molecule has 34 heavy (non-hydrogen) atoms. The SMILES string of the molecule is Nc1ccc(CCC2CCC(c3ccc(C(F)(F)F)c(S(N)(=O)=O)c3-c3nn[nH]n3)CC2)cn1. The molecule has 182 valence electrons. The van der Waals surface area contributed by atoms with Crippen molar-refractivity contribution in [3.63, 3.8) is 0 Å². The highest BCUT2D eigenvalue weighted by molar-refractivity contribution is 7.89. The van der Waals surface area contributed by atoms with E-state index in [-0.39, 0.29) is 17.3 Å². The van der Waals surface area contributed by atoms with Crippen molar-refractivity contribution < 1.29 is 21.6 Å². The summed E-state index contributed by atoms with van der Waals surface area (Å²) in [7, 11) is -4.74. The summed E-state index contributed by atoms with van der Waals surface area (Å²) in [5, 5.41) is 18.4. The fourth-order valence-corrected chi connectivity index (χ4v) is 5.66. The van der Waals surface area contributed by atoms with Crippen molar-refractivity contribution in [2.45, 2.75) is 55.5 Å². The topological polar surface area (TPSA) is 154 Å². The highest BCUT2D eigenvalue weighted by Gasteiger charge is 2.40. The molecule has 4 rings (SSSR count). The number of aromatic nitrogens is 5. The van der Waals surface area contributed by atoms with Crippen molar-refractivity contribution in [3.8, 4) is 11.4 Å². The number of nitrogens with two attached hydrogens (primary N) is 2. The lowest BCUT2D eigenvalue weighted by Gasteiger charge is -2.30. The summed E-state index contributed by atoms with van der Waals surface area (Å²) in [6.45, 7) is 0. The van der Waals surface area contributed by atoms with Crippen LogP contribution in [0.3, 0.4) is 0 Å². The number of tetrazole rings is 1. The van der Waals surface area contributed by atoms with Crippen LogP contribution >= 0.6 is 0 Å². The first-order valence-electron chi connectivity index (χ1n) is 10.7. The van der Waals surface area contributed by atoms with Crippen molar-refractivity contribution in [2.75, 3.05) is 5.73 Å². The summed E-state index contributed by atoms with van der Waals surface area (Å²) >= 11 is 0. The summed E-state index contributed by atoms with van der Waals surface area (Å²) in [6.07, 6.45) is 1.71. The Bertz CT molecular complexity index is 1240. The summed E-state index contributed by atoms with van der Waals surface area (Å²) in [5.41, 5.74) is 5.57. The van der Waals surface area contributed by atoms with Gasteiger partial charge in [0.05, 0.1) is 5.56 Å². The molecule has 0 amide bonds. The van der Waals surface area contributed by atoms with Crippen LogP contribution in [0, 0.1) is 5.92 Å². The number of nitrogens with one attached hydrogen (secondary N) is 1. The quantitative estimate of drug-likeness (QED) is 0.473. The molecule has 0 spiro atoms. The molecule has 13 heteroatoms. The van der Waals surface area contributed by atoms with Crippen LogP contribution in [0.4, 0.5) is 19.0 Å². The number of nitrogen functional groups attached to an aromatic ring is 1. The summed E-state index contributed by atoms with van der Waals surface area (Å²) in [5.74, 6) is 0.514. The van der Waals surface area contributed by atoms with Crippen LogP contribution < -0.4 is 10.9 Å². The minimum atomic E-state index is -4.92. The van der Waals surface area contributed by atoms with Crippen molar-refractivity contribution in [2.24, 2.45) is 11.1 Å². The number of sulfonamides is 1. The van der Waals surface area contributed by atoms with E-state index >= 15 is 0 Å². The molecule has 0 unspecified atom stereocenters. The van der Waals surface area contributed by atoms with Gasteiger partial charge in [-0.3, -0.25) is 0 Å². The van der Waals surface area contributed by atoms with Gasteiger partial charge in [-0.15, -0.1) is 10.2 Å². The van der Waals surface area contributed by atoms with Crippen molar-refractivity contribution in [3.05, 3.63) is 47.2 Å². The third-order valence-corrected chi connectivity index (χ3v) is 7.32. The van der Waals surface area contributed by atoms with Crippen LogP contribution in [0.1, 0.15) is 54.7 Å². The van der Waals surface area contributed by atoms with Crippen LogP contribution in [0.15, 0.2) is 35.4 Å². The van der Waals surface area contributed by atoms with E-state index in [1.165, 1.54) is 6.07 Å². The van der Waals surface area contributed by atoms with Crippen LogP contribution in [-0.2, 0) is 22.6 Å². The van der Waals surface area contributed by atoms with Gasteiger partial charge in [0, 0.05) is 11.8 Å². The van der Waals surface area contributed by atoms with Gasteiger partial charge in [-0.1, -0.05) is 12.1 Å². The molecular formula is C21H24F3N7O2S. The van der Waals surface area contributed by atoms with Gasteiger partial charge in [-0.2, -0.15) is 18.4 Å². The molecular weight excluding hydrogens is 471 g/mol. The van der Waals surface area contributed by atoms with Gasteiger partial charge >= 0.3 is 6.18 Å². The van der Waals surface area contributed by atoms with Crippen LogP contribution in [-0.4, -0.2) is 34.0 Å². The number of H-pyrrole nitrogens is 1. The van der Waals surface area contributed by atoms with E-state index in [4.69, 9.17) is 10.9 Å². The number of hydrogen-bond donors (Lipinski definition) is 3. The molecule has 1 aliphatic carbocycles. The standard InChI is InChI=1S/C21H24F3N7O2S/c22-21(23,24)16-9-8-15(18(19(16)34(26,32)33)20-28-30-31-29-20)14-6-3-12(4-7-14)1-2-13-5-10-17(25)27-11-13/h5,8-12,14H,1-4,6-7H2,(H2,25,27)(H2,26,32,33)(H,28,29,30,31). The number of pyridine rings is 1. The maximum atomic E-state index is 13.7. The number of halogens is 3. The number of alkyl halides is 3. The molecule has 2 aromatic heterocycles. The molecule has 2 heterocycles. The second-order valence-corrected chi connectivity index (χ2v) is 10.0. The summed E-state index contributed by atoms with van der Waals surface area (Å²) in [6, 6.07) is 5.80. The number of anilines is 1. The van der Waals surface area contributed by atoms with Gasteiger partial charge < -0.3 is 5.73 Å². The molecule has 9 nitrogen and oxygen atoms in total. The molecule has 0 bridgehead atoms. The van der Waals surface area contributed by atoms with Gasteiger partial charge in [0.2, 0.25) is 15.8 Å². The Morgan fingerprint density at radius 3 is 2.38 bits per heavy atom. The molecule has 5 N–H and O–H groups in total. The van der Waals surface area contributed by atoms with Gasteiger partial charge in [0.25, 0.3) is 0 Å². The minimum absolute atomic E-state index is 0.161. The third kappa shape index (κ3) is 5.20. The zero-order chi connectivity index (χ0) is 24.5. The number of aromatic amines is 1. The number of benzene rings is 1. The highest BCUT2D eigenvalue weighted by atomic mass is 32.2. The van der Waals surface area contributed by atoms with E-state index in [0.29, 0.717) is 30.1 Å². The first kappa shape index (κ1) is 24.1. The predicted octanol–water partition coefficient (Wildman–Crippen LogP) is 3.42. The molecule has 1 saturated carbocycles. The van der Waals surface area contributed by atoms with E-state index in [1.807, 2.05) is 6.07 Å². The number of primary sulfonamides is 1. The normalized spacial score (nSPS) is 19.3. The van der Waals surface area contributed by atoms with Crippen LogP contribution in [0.5, 0.6) is 0 Å². The predicted molar refractivity (Wildman–Crippen MR) is 118 cm³/mol. The van der Waals surface area contributed by atoms with Gasteiger partial charge in [0.15, 0.2) is 0 Å². The number of hydrogen-bond acceptors (Lipinski definition) is 7. The van der Waals surface area contributed by atoms with Gasteiger partial charge in [-0.05, 0) is 78.8 Å². The first-order valence-corrected chi connectivity index (χ1v) is 12.3. The fraction of sp³-hybridized carbons (Fsp3) is 0.429. The maximum Gasteiger partial charge on any atom is 0.417 e. The molecule has 0 radical (unpaired) electrons. The van der Waals surface area contributed by atoms with E-state index in [9.17, 15) is 21.6 Å². The maximum absolute atomic E-state index is 13.7. The summed E-state index contributed by atoms with van der Waals surface area (Å²) < 4.78 is 65.7. The fourth-order valence-electron chi connectivity index (χ4n) is 4.67. The Hall–Kier alpha value is -3.06. The van der Waals surface area contributed by atoms with Crippen LogP contribution in [0.25, 0.3) is 11.4 Å². The van der Waals surface area contributed by atoms with E-state index in [2.05, 4.69) is 25.6 Å². The molecule has 1 fully saturated rings. The monoisotopic (exact) mass is 495 g/mol. The lowest BCUT2D eigenvalue weighted by molar-refractivity contribution is -0.139. The molecule has 0 atom stereocenters. The minimum Gasteiger partial charge on any atom is -0.384 e. The largest absolute Gasteiger partial charge is 0.417 e. The average Bonchev–Trinajstić information content (AvgIpc) is 3.32. The Kier molecular flexibility index (Phi) is 6.58. The Morgan fingerprint density at radius 1 is 1.09 bits per heavy atom. The Morgan fingerprint density at radius 2 is 1.82 bits per heavy atom. The molecule has 1 aromatic carbocycles. The second kappa shape index (κ2) is 9.29. The lowest BCUT2D eigenvalue weighted by atomic mass is 9.75. The molecule has 0 saturated heterocycles. The Balaban J connectivity index is 1.60. The van der Waals surface area contributed by atoms with Gasteiger partial charge in [0.1, 0.15) is 10.7 Å². The van der Waals surface area contributed by atoms with E-state index in [0.717, 1.165) is 37.3 Å². The van der Waals surface area contributed by atoms with Crippen molar-refractivity contribution in [1.29, 1.82) is 0 Å². The smallest absolute Gasteiger partial charge is 0.384 e. The summed E-state index contributed by atoms with van der Waals surface area (Å²) in [4.78, 5) is 3.08. The van der Waals surface area contributed by atoms with E-state index in [1.54, 1.807) is 12.3 Å². The zero-order valence-electron chi connectivity index (χ0n) is 18.1. The Labute approximate surface area is 194 Å². The number of aryl methyl sites for hydroxylation is 1. The molecule has 3 aromatic rings. The van der Waals surface area contributed by atoms with Crippen molar-refractivity contribution >= 4 is 15.8 Å². The zero-order valence-corrected chi connectivity index (χ0v) is 18.9. The third-order valence-electron chi connectivity index (χ3n) is 6.32. The highest BCUT2D eigenvalue weighted by Crippen LogP contribution is 2.45. The number of rotatable bonds is 6. The first-order chi connectivity index (χ1) is 16.0. The van der Waals surface area contributed by atoms with Crippen LogP contribution in [0.2, 0.25) is 0 Å². The second-order valence-electron chi connectivity index (χ2n) is 8.53.